The van der Waals surface area contributed by atoms with Gasteiger partial charge in [0.25, 0.3) is 17.7 Å². The third-order valence-electron chi connectivity index (χ3n) is 6.71. The van der Waals surface area contributed by atoms with Crippen LogP contribution in [0, 0.1) is 0 Å². The molecule has 2 heterocycles. The van der Waals surface area contributed by atoms with E-state index in [9.17, 15) is 19.2 Å². The van der Waals surface area contributed by atoms with E-state index < -0.39 is 0 Å². The van der Waals surface area contributed by atoms with Crippen molar-refractivity contribution in [2.45, 2.75) is 25.7 Å². The number of benzene rings is 3. The van der Waals surface area contributed by atoms with Crippen molar-refractivity contribution in [3.05, 3.63) is 82.9 Å². The first-order chi connectivity index (χ1) is 19.4. The summed E-state index contributed by atoms with van der Waals surface area (Å²) in [5.41, 5.74) is 1.90. The Bertz CT molecular complexity index is 1410. The number of unbranched alkanes of at least 4 members (excludes halogenated alkanes) is 1. The number of rotatable bonds is 11. The maximum atomic E-state index is 12.6. The number of anilines is 2. The summed E-state index contributed by atoms with van der Waals surface area (Å²) < 4.78 is 11.3. The van der Waals surface area contributed by atoms with Crippen LogP contribution in [0.25, 0.3) is 0 Å². The van der Waals surface area contributed by atoms with E-state index in [2.05, 4.69) is 5.32 Å². The number of ether oxygens (including phenoxy) is 2. The smallest absolute Gasteiger partial charge is 0.265 e. The molecule has 0 fully saturated rings. The molecule has 0 atom stereocenters. The third kappa shape index (κ3) is 6.10. The monoisotopic (exact) mass is 561 g/mol. The lowest BCUT2D eigenvalue weighted by Gasteiger charge is -2.30. The molecular weight excluding hydrogens is 534 g/mol. The summed E-state index contributed by atoms with van der Waals surface area (Å²) in [5.74, 6) is 0.219. The first-order valence-electron chi connectivity index (χ1n) is 13.1. The minimum atomic E-state index is -0.336. The van der Waals surface area contributed by atoms with Gasteiger partial charge in [-0.3, -0.25) is 24.1 Å². The van der Waals surface area contributed by atoms with Crippen molar-refractivity contribution < 1.29 is 28.7 Å². The summed E-state index contributed by atoms with van der Waals surface area (Å²) in [6.45, 7) is 1.10. The fourth-order valence-electron chi connectivity index (χ4n) is 4.68. The minimum Gasteiger partial charge on any atom is -0.494 e. The van der Waals surface area contributed by atoms with E-state index in [-0.39, 0.29) is 43.2 Å². The van der Waals surface area contributed by atoms with Crippen LogP contribution >= 0.6 is 11.6 Å². The first kappa shape index (κ1) is 27.2. The number of carbonyl (C=O) groups is 4. The lowest BCUT2D eigenvalue weighted by atomic mass is 10.1. The van der Waals surface area contributed by atoms with Gasteiger partial charge in [-0.25, -0.2) is 0 Å². The molecule has 2 aliphatic heterocycles. The van der Waals surface area contributed by atoms with Crippen molar-refractivity contribution in [2.24, 2.45) is 0 Å². The molecule has 0 radical (unpaired) electrons. The molecule has 9 nitrogen and oxygen atoms in total. The minimum absolute atomic E-state index is 0.0439. The fourth-order valence-corrected chi connectivity index (χ4v) is 4.81. The number of carbonyl (C=O) groups excluding carboxylic acids is 4. The van der Waals surface area contributed by atoms with Crippen molar-refractivity contribution >= 4 is 46.6 Å². The van der Waals surface area contributed by atoms with E-state index in [0.717, 1.165) is 12.2 Å². The maximum absolute atomic E-state index is 12.6. The van der Waals surface area contributed by atoms with Crippen LogP contribution in [0.2, 0.25) is 5.02 Å². The average molecular weight is 562 g/mol. The number of hydrogen-bond donors (Lipinski definition) is 1. The molecule has 3 aromatic carbocycles. The summed E-state index contributed by atoms with van der Waals surface area (Å²) in [7, 11) is 0. The molecule has 0 saturated heterocycles. The number of amides is 4. The molecule has 3 aromatic rings. The molecule has 0 unspecified atom stereocenters. The first-order valence-corrected chi connectivity index (χ1v) is 13.5. The summed E-state index contributed by atoms with van der Waals surface area (Å²) in [6.07, 6.45) is 1.91. The van der Waals surface area contributed by atoms with Crippen molar-refractivity contribution in [1.82, 2.24) is 4.90 Å². The molecule has 0 spiro atoms. The second kappa shape index (κ2) is 12.2. The molecular formula is C30H28ClN3O6. The molecule has 0 aromatic heterocycles. The van der Waals surface area contributed by atoms with E-state index in [0.29, 0.717) is 59.3 Å². The number of nitrogens with zero attached hydrogens (tertiary/aromatic N) is 2. The highest BCUT2D eigenvalue weighted by atomic mass is 35.5. The van der Waals surface area contributed by atoms with Crippen LogP contribution in [0.4, 0.5) is 11.4 Å². The van der Waals surface area contributed by atoms with E-state index in [1.54, 1.807) is 59.5 Å². The summed E-state index contributed by atoms with van der Waals surface area (Å²) in [4.78, 5) is 53.1. The van der Waals surface area contributed by atoms with Gasteiger partial charge >= 0.3 is 0 Å². The van der Waals surface area contributed by atoms with Crippen LogP contribution in [0.1, 0.15) is 46.4 Å². The zero-order valence-corrected chi connectivity index (χ0v) is 22.5. The summed E-state index contributed by atoms with van der Waals surface area (Å²) in [6, 6.07) is 19.0. The lowest BCUT2D eigenvalue weighted by molar-refractivity contribution is -0.121. The topological polar surface area (TPSA) is 105 Å². The van der Waals surface area contributed by atoms with Gasteiger partial charge in [0.15, 0.2) is 6.61 Å². The van der Waals surface area contributed by atoms with Crippen molar-refractivity contribution in [3.8, 4) is 11.5 Å². The van der Waals surface area contributed by atoms with Crippen molar-refractivity contribution in [2.75, 3.05) is 36.5 Å². The van der Waals surface area contributed by atoms with Gasteiger partial charge < -0.3 is 19.7 Å². The number of hydrogen-bond acceptors (Lipinski definition) is 6. The summed E-state index contributed by atoms with van der Waals surface area (Å²) in [5, 5.41) is 3.49. The highest BCUT2D eigenvalue weighted by Gasteiger charge is 2.34. The Hall–Kier alpha value is -4.37. The van der Waals surface area contributed by atoms with Gasteiger partial charge in [-0.2, -0.15) is 0 Å². The van der Waals surface area contributed by atoms with Crippen LogP contribution in [-0.4, -0.2) is 54.8 Å². The largest absolute Gasteiger partial charge is 0.494 e. The van der Waals surface area contributed by atoms with Crippen molar-refractivity contribution in [1.29, 1.82) is 0 Å². The number of halogens is 1. The fraction of sp³-hybridized carbons (Fsp3) is 0.267. The number of fused-ring (bicyclic) bond motifs is 2. The molecule has 4 amide bonds. The highest BCUT2D eigenvalue weighted by molar-refractivity contribution is 6.30. The van der Waals surface area contributed by atoms with Crippen molar-refractivity contribution in [3.63, 3.8) is 0 Å². The van der Waals surface area contributed by atoms with E-state index in [4.69, 9.17) is 21.1 Å². The predicted octanol–water partition coefficient (Wildman–Crippen LogP) is 4.94. The Balaban J connectivity index is 1.11. The molecule has 0 bridgehead atoms. The quantitative estimate of drug-likeness (QED) is 0.263. The Morgan fingerprint density at radius 3 is 2.30 bits per heavy atom. The van der Waals surface area contributed by atoms with Gasteiger partial charge in [0, 0.05) is 30.2 Å². The van der Waals surface area contributed by atoms with Crippen LogP contribution in [0.3, 0.4) is 0 Å². The maximum Gasteiger partial charge on any atom is 0.265 e. The van der Waals surface area contributed by atoms with Crippen LogP contribution in [-0.2, 0) is 9.59 Å². The zero-order chi connectivity index (χ0) is 28.1. The summed E-state index contributed by atoms with van der Waals surface area (Å²) >= 11 is 5.90. The molecule has 1 N–H and O–H groups in total. The normalized spacial score (nSPS) is 14.1. The Labute approximate surface area is 236 Å². The van der Waals surface area contributed by atoms with Crippen LogP contribution < -0.4 is 19.7 Å². The second-order valence-corrected chi connectivity index (χ2v) is 9.92. The molecule has 0 aliphatic carbocycles. The Kier molecular flexibility index (Phi) is 8.31. The third-order valence-corrected chi connectivity index (χ3v) is 6.96. The Morgan fingerprint density at radius 1 is 0.875 bits per heavy atom. The molecule has 2 aliphatic rings. The second-order valence-electron chi connectivity index (χ2n) is 9.49. The average Bonchev–Trinajstić information content (AvgIpc) is 3.20. The van der Waals surface area contributed by atoms with Gasteiger partial charge in [0.2, 0.25) is 5.91 Å². The molecule has 5 rings (SSSR count). The highest BCUT2D eigenvalue weighted by Crippen LogP contribution is 2.35. The van der Waals surface area contributed by atoms with Crippen LogP contribution in [0.5, 0.6) is 11.5 Å². The van der Waals surface area contributed by atoms with Gasteiger partial charge in [-0.1, -0.05) is 23.7 Å². The van der Waals surface area contributed by atoms with E-state index >= 15 is 0 Å². The zero-order valence-electron chi connectivity index (χ0n) is 21.7. The van der Waals surface area contributed by atoms with Crippen LogP contribution in [0.15, 0.2) is 66.7 Å². The van der Waals surface area contributed by atoms with Gasteiger partial charge in [0.1, 0.15) is 11.5 Å². The predicted molar refractivity (Wildman–Crippen MR) is 150 cm³/mol. The molecule has 40 heavy (non-hydrogen) atoms. The molecule has 0 saturated carbocycles. The lowest BCUT2D eigenvalue weighted by Crippen LogP contribution is -2.39. The number of nitrogens with one attached hydrogen (secondary N) is 1. The van der Waals surface area contributed by atoms with Gasteiger partial charge in [0.05, 0.1) is 23.4 Å². The van der Waals surface area contributed by atoms with E-state index in [1.807, 2.05) is 12.1 Å². The molecule has 10 heteroatoms. The SMILES string of the molecule is O=C(CCCN1C(=O)c2ccccc2C1=O)Nc1ccc2c(c1)N(CCCCOc1ccc(Cl)cc1)C(=O)CO2. The molecule has 206 valence electrons. The Morgan fingerprint density at radius 2 is 1.57 bits per heavy atom. The standard InChI is InChI=1S/C30H28ClN3O6/c31-20-9-12-22(13-10-20)39-17-4-3-15-33-25-18-21(11-14-26(25)40-19-28(33)36)32-27(35)8-5-16-34-29(37)23-6-1-2-7-24(23)30(34)38/h1-2,6-7,9-14,18H,3-5,8,15-17,19H2,(H,32,35). The van der Waals surface area contributed by atoms with Gasteiger partial charge in [-0.05, 0) is 73.9 Å². The number of imide groups is 1. The van der Waals surface area contributed by atoms with E-state index in [1.165, 1.54) is 4.90 Å². The van der Waals surface area contributed by atoms with Gasteiger partial charge in [-0.15, -0.1) is 0 Å².